The van der Waals surface area contributed by atoms with Crippen molar-refractivity contribution in [3.8, 4) is 0 Å². The van der Waals surface area contributed by atoms with Gasteiger partial charge in [-0.05, 0) is 20.3 Å². The van der Waals surface area contributed by atoms with Crippen LogP contribution in [0.1, 0.15) is 38.0 Å². The lowest BCUT2D eigenvalue weighted by molar-refractivity contribution is -0.131. The summed E-state index contributed by atoms with van der Waals surface area (Å²) in [5, 5.41) is 11.4. The lowest BCUT2D eigenvalue weighted by Crippen LogP contribution is -2.50. The highest BCUT2D eigenvalue weighted by molar-refractivity contribution is 5.83. The van der Waals surface area contributed by atoms with E-state index in [0.717, 1.165) is 31.0 Å². The van der Waals surface area contributed by atoms with Gasteiger partial charge in [0.15, 0.2) is 5.82 Å². The largest absolute Gasteiger partial charge is 0.379 e. The Morgan fingerprint density at radius 3 is 3.10 bits per heavy atom. The Morgan fingerprint density at radius 1 is 1.60 bits per heavy atom. The number of fused-ring (bicyclic) bond motifs is 1. The van der Waals surface area contributed by atoms with Crippen LogP contribution >= 0.6 is 0 Å². The van der Waals surface area contributed by atoms with Crippen LogP contribution in [0, 0.1) is 5.41 Å². The second-order valence-electron chi connectivity index (χ2n) is 5.96. The number of carbonyl (C=O) groups is 1. The van der Waals surface area contributed by atoms with E-state index in [4.69, 9.17) is 10.5 Å². The quantitative estimate of drug-likeness (QED) is 0.796. The maximum atomic E-state index is 12.5. The van der Waals surface area contributed by atoms with E-state index in [9.17, 15) is 4.79 Å². The van der Waals surface area contributed by atoms with E-state index in [1.165, 1.54) is 0 Å². The van der Waals surface area contributed by atoms with E-state index in [1.54, 1.807) is 0 Å². The molecule has 3 N–H and O–H groups in total. The molecule has 7 heteroatoms. The molecule has 3 rings (SSSR count). The highest BCUT2D eigenvalue weighted by Crippen LogP contribution is 2.28. The smallest absolute Gasteiger partial charge is 0.230 e. The summed E-state index contributed by atoms with van der Waals surface area (Å²) in [6, 6.07) is -0.440. The Labute approximate surface area is 117 Å². The second-order valence-corrected chi connectivity index (χ2v) is 5.96. The Morgan fingerprint density at radius 2 is 2.40 bits per heavy atom. The molecule has 2 aliphatic heterocycles. The van der Waals surface area contributed by atoms with Gasteiger partial charge in [-0.3, -0.25) is 4.79 Å². The predicted octanol–water partition coefficient (Wildman–Crippen LogP) is -0.235. The van der Waals surface area contributed by atoms with E-state index >= 15 is 0 Å². The van der Waals surface area contributed by atoms with E-state index in [1.807, 2.05) is 13.8 Å². The van der Waals surface area contributed by atoms with Crippen LogP contribution < -0.4 is 11.1 Å². The molecule has 3 heterocycles. The molecular formula is C13H21N5O2. The first-order valence-electron chi connectivity index (χ1n) is 7.08. The molecule has 7 nitrogen and oxygen atoms in total. The van der Waals surface area contributed by atoms with Crippen molar-refractivity contribution in [2.24, 2.45) is 11.1 Å². The van der Waals surface area contributed by atoms with Crippen molar-refractivity contribution in [2.75, 3.05) is 13.2 Å². The number of aryl methyl sites for hydroxylation is 1. The number of amides is 1. The van der Waals surface area contributed by atoms with Crippen molar-refractivity contribution >= 4 is 5.91 Å². The zero-order valence-corrected chi connectivity index (χ0v) is 11.9. The third-order valence-electron chi connectivity index (χ3n) is 4.41. The molecule has 1 saturated heterocycles. The summed E-state index contributed by atoms with van der Waals surface area (Å²) < 4.78 is 7.42. The molecule has 0 aromatic carbocycles. The molecule has 2 aliphatic rings. The van der Waals surface area contributed by atoms with Gasteiger partial charge in [0.05, 0.1) is 24.7 Å². The molecule has 3 atom stereocenters. The highest BCUT2D eigenvalue weighted by atomic mass is 16.5. The molecule has 1 amide bonds. The zero-order chi connectivity index (χ0) is 14.3. The molecule has 110 valence electrons. The van der Waals surface area contributed by atoms with Gasteiger partial charge in [0.2, 0.25) is 5.91 Å². The average molecular weight is 279 g/mol. The number of ether oxygens (including phenoxy) is 1. The summed E-state index contributed by atoms with van der Waals surface area (Å²) in [7, 11) is 0. The number of carbonyl (C=O) groups excluding carboxylic acids is 1. The molecule has 0 bridgehead atoms. The fourth-order valence-electron chi connectivity index (χ4n) is 2.84. The van der Waals surface area contributed by atoms with E-state index < -0.39 is 5.41 Å². The van der Waals surface area contributed by atoms with Crippen LogP contribution in [0.5, 0.6) is 0 Å². The lowest BCUT2D eigenvalue weighted by atomic mass is 9.84. The maximum Gasteiger partial charge on any atom is 0.230 e. The number of hydrogen-bond donors (Lipinski definition) is 2. The predicted molar refractivity (Wildman–Crippen MR) is 71.8 cm³/mol. The Bertz CT molecular complexity index is 529. The van der Waals surface area contributed by atoms with Gasteiger partial charge in [-0.15, -0.1) is 10.2 Å². The second kappa shape index (κ2) is 4.82. The molecule has 0 aliphatic carbocycles. The van der Waals surface area contributed by atoms with E-state index in [-0.39, 0.29) is 18.0 Å². The Balaban J connectivity index is 1.72. The number of rotatable bonds is 3. The number of nitrogens with zero attached hydrogens (tertiary/aromatic N) is 3. The van der Waals surface area contributed by atoms with Crippen LogP contribution in [0.4, 0.5) is 0 Å². The molecule has 3 unspecified atom stereocenters. The molecule has 0 saturated carbocycles. The number of nitrogens with one attached hydrogen (secondary N) is 1. The number of nitrogens with two attached hydrogens (primary N) is 1. The van der Waals surface area contributed by atoms with Crippen LogP contribution in [-0.2, 0) is 22.5 Å². The molecule has 0 radical (unpaired) electrons. The first-order chi connectivity index (χ1) is 9.52. The van der Waals surface area contributed by atoms with Crippen LogP contribution in [0.2, 0.25) is 0 Å². The van der Waals surface area contributed by atoms with Gasteiger partial charge in [0.25, 0.3) is 0 Å². The summed E-state index contributed by atoms with van der Waals surface area (Å²) in [5.74, 6) is 1.75. The maximum absolute atomic E-state index is 12.5. The van der Waals surface area contributed by atoms with Crippen molar-refractivity contribution in [2.45, 2.75) is 45.3 Å². The summed E-state index contributed by atoms with van der Waals surface area (Å²) in [6.07, 6.45) is 2.05. The van der Waals surface area contributed by atoms with Crippen LogP contribution in [0.3, 0.4) is 0 Å². The number of hydrogen-bond acceptors (Lipinski definition) is 5. The van der Waals surface area contributed by atoms with Crippen LogP contribution in [0.15, 0.2) is 0 Å². The first kappa shape index (κ1) is 13.5. The van der Waals surface area contributed by atoms with Gasteiger partial charge in [0, 0.05) is 19.0 Å². The van der Waals surface area contributed by atoms with Gasteiger partial charge in [-0.1, -0.05) is 0 Å². The molecular weight excluding hydrogens is 258 g/mol. The van der Waals surface area contributed by atoms with Crippen molar-refractivity contribution in [3.63, 3.8) is 0 Å². The van der Waals surface area contributed by atoms with Crippen LogP contribution in [-0.4, -0.2) is 39.9 Å². The summed E-state index contributed by atoms with van der Waals surface area (Å²) >= 11 is 0. The third kappa shape index (κ3) is 2.01. The molecule has 20 heavy (non-hydrogen) atoms. The lowest BCUT2D eigenvalue weighted by Gasteiger charge is -2.27. The third-order valence-corrected chi connectivity index (χ3v) is 4.41. The number of aromatic nitrogens is 3. The Kier molecular flexibility index (Phi) is 3.25. The van der Waals surface area contributed by atoms with Crippen molar-refractivity contribution in [3.05, 3.63) is 11.6 Å². The monoisotopic (exact) mass is 279 g/mol. The minimum absolute atomic E-state index is 0.0784. The normalized spacial score (nSPS) is 30.2. The Hall–Kier alpha value is -1.47. The fourth-order valence-corrected chi connectivity index (χ4v) is 2.84. The zero-order valence-electron chi connectivity index (χ0n) is 11.9. The SMILES string of the molecule is CC(NC(=O)C1(C)COCC1N)c1nnc2n1CCC2. The van der Waals surface area contributed by atoms with Gasteiger partial charge < -0.3 is 20.4 Å². The van der Waals surface area contributed by atoms with Gasteiger partial charge in [-0.25, -0.2) is 0 Å². The van der Waals surface area contributed by atoms with Crippen LogP contribution in [0.25, 0.3) is 0 Å². The minimum Gasteiger partial charge on any atom is -0.379 e. The van der Waals surface area contributed by atoms with E-state index in [0.29, 0.717) is 13.2 Å². The highest BCUT2D eigenvalue weighted by Gasteiger charge is 2.45. The minimum atomic E-state index is -0.665. The molecule has 1 aromatic heterocycles. The summed E-state index contributed by atoms with van der Waals surface area (Å²) in [5.41, 5.74) is 5.32. The molecule has 0 spiro atoms. The standard InChI is InChI=1S/C13H21N5O2/c1-8(11-17-16-10-4-3-5-18(10)11)15-12(19)13(2)7-20-6-9(13)14/h8-9H,3-7,14H2,1-2H3,(H,15,19). The fraction of sp³-hybridized carbons (Fsp3) is 0.769. The van der Waals surface area contributed by atoms with Crippen molar-refractivity contribution < 1.29 is 9.53 Å². The summed E-state index contributed by atoms with van der Waals surface area (Å²) in [6.45, 7) is 5.50. The van der Waals surface area contributed by atoms with Gasteiger partial charge in [0.1, 0.15) is 5.82 Å². The van der Waals surface area contributed by atoms with Gasteiger partial charge >= 0.3 is 0 Å². The first-order valence-corrected chi connectivity index (χ1v) is 7.08. The van der Waals surface area contributed by atoms with E-state index in [2.05, 4.69) is 20.1 Å². The molecule has 1 aromatic rings. The summed E-state index contributed by atoms with van der Waals surface area (Å²) in [4.78, 5) is 12.5. The van der Waals surface area contributed by atoms with Crippen molar-refractivity contribution in [1.82, 2.24) is 20.1 Å². The average Bonchev–Trinajstić information content (AvgIpc) is 3.06. The van der Waals surface area contributed by atoms with Crippen molar-refractivity contribution in [1.29, 1.82) is 0 Å². The van der Waals surface area contributed by atoms with Gasteiger partial charge in [-0.2, -0.15) is 0 Å². The topological polar surface area (TPSA) is 95.1 Å². The molecule has 1 fully saturated rings.